The summed E-state index contributed by atoms with van der Waals surface area (Å²) in [6, 6.07) is 19.8. The van der Waals surface area contributed by atoms with Crippen LogP contribution < -0.4 is 10.7 Å². The highest BCUT2D eigenvalue weighted by Gasteiger charge is 2.28. The predicted octanol–water partition coefficient (Wildman–Crippen LogP) is 4.05. The van der Waals surface area contributed by atoms with Crippen LogP contribution in [0.2, 0.25) is 0 Å². The average molecular weight is 458 g/mol. The smallest absolute Gasteiger partial charge is 0.259 e. The van der Waals surface area contributed by atoms with E-state index in [-0.39, 0.29) is 29.0 Å². The number of nitrogens with one attached hydrogen (secondary N) is 1. The third-order valence-corrected chi connectivity index (χ3v) is 6.16. The van der Waals surface area contributed by atoms with Gasteiger partial charge in [0.05, 0.1) is 0 Å². The highest BCUT2D eigenvalue weighted by atomic mass is 16.2. The molecule has 0 bridgehead atoms. The van der Waals surface area contributed by atoms with E-state index >= 15 is 0 Å². The lowest BCUT2D eigenvalue weighted by Crippen LogP contribution is -2.42. The second-order valence-corrected chi connectivity index (χ2v) is 9.20. The van der Waals surface area contributed by atoms with Crippen molar-refractivity contribution >= 4 is 11.8 Å². The summed E-state index contributed by atoms with van der Waals surface area (Å²) < 4.78 is 1.76. The molecule has 0 aliphatic carbocycles. The molecule has 176 valence electrons. The minimum atomic E-state index is -0.519. The molecule has 2 amide bonds. The molecule has 0 radical (unpaired) electrons. The van der Waals surface area contributed by atoms with Crippen molar-refractivity contribution < 1.29 is 9.59 Å². The molecule has 34 heavy (non-hydrogen) atoms. The maximum absolute atomic E-state index is 13.6. The SMILES string of the molecule is CC(C)NC(=O)c1cn(Cc2ccccc2)cc(C(=O)N2CCC[C@@H](c3ccccc3)C2)c1=O. The van der Waals surface area contributed by atoms with Crippen LogP contribution in [0.25, 0.3) is 0 Å². The topological polar surface area (TPSA) is 71.4 Å². The zero-order valence-electron chi connectivity index (χ0n) is 19.7. The quantitative estimate of drug-likeness (QED) is 0.607. The van der Waals surface area contributed by atoms with E-state index in [9.17, 15) is 14.4 Å². The monoisotopic (exact) mass is 457 g/mol. The second kappa shape index (κ2) is 10.5. The molecule has 6 nitrogen and oxygen atoms in total. The van der Waals surface area contributed by atoms with E-state index in [4.69, 9.17) is 0 Å². The van der Waals surface area contributed by atoms with E-state index in [0.29, 0.717) is 19.6 Å². The number of carbonyl (C=O) groups excluding carboxylic acids is 2. The number of pyridine rings is 1. The largest absolute Gasteiger partial charge is 0.350 e. The first kappa shape index (κ1) is 23.5. The van der Waals surface area contributed by atoms with Crippen molar-refractivity contribution in [2.45, 2.75) is 45.2 Å². The van der Waals surface area contributed by atoms with Crippen LogP contribution in [0, 0.1) is 0 Å². The lowest BCUT2D eigenvalue weighted by atomic mass is 9.90. The van der Waals surface area contributed by atoms with Gasteiger partial charge in [-0.2, -0.15) is 0 Å². The Hall–Kier alpha value is -3.67. The molecule has 1 atom stereocenters. The molecule has 0 unspecified atom stereocenters. The minimum Gasteiger partial charge on any atom is -0.350 e. The van der Waals surface area contributed by atoms with E-state index in [1.165, 1.54) is 5.56 Å². The third kappa shape index (κ3) is 5.45. The minimum absolute atomic E-state index is 0.00731. The fourth-order valence-corrected chi connectivity index (χ4v) is 4.50. The normalized spacial score (nSPS) is 15.9. The fourth-order valence-electron chi connectivity index (χ4n) is 4.50. The number of benzene rings is 2. The highest BCUT2D eigenvalue weighted by molar-refractivity contribution is 5.99. The van der Waals surface area contributed by atoms with Gasteiger partial charge in [-0.3, -0.25) is 14.4 Å². The van der Waals surface area contributed by atoms with Crippen molar-refractivity contribution in [2.24, 2.45) is 0 Å². The third-order valence-electron chi connectivity index (χ3n) is 6.16. The molecule has 1 aromatic heterocycles. The zero-order chi connectivity index (χ0) is 24.1. The van der Waals surface area contributed by atoms with Gasteiger partial charge < -0.3 is 14.8 Å². The number of nitrogens with zero attached hydrogens (tertiary/aromatic N) is 2. The molecule has 0 saturated carbocycles. The summed E-state index contributed by atoms with van der Waals surface area (Å²) in [7, 11) is 0. The van der Waals surface area contributed by atoms with Crippen LogP contribution in [0.1, 0.15) is 64.4 Å². The average Bonchev–Trinajstić information content (AvgIpc) is 2.85. The van der Waals surface area contributed by atoms with E-state index < -0.39 is 11.3 Å². The summed E-state index contributed by atoms with van der Waals surface area (Å²) in [6.07, 6.45) is 5.02. The molecule has 0 spiro atoms. The maximum Gasteiger partial charge on any atom is 0.259 e. The molecule has 1 aliphatic rings. The number of amides is 2. The Morgan fingerprint density at radius 2 is 1.62 bits per heavy atom. The van der Waals surface area contributed by atoms with E-state index in [1.54, 1.807) is 21.9 Å². The van der Waals surface area contributed by atoms with E-state index in [1.807, 2.05) is 62.4 Å². The number of likely N-dealkylation sites (tertiary alicyclic amines) is 1. The molecule has 4 rings (SSSR count). The maximum atomic E-state index is 13.6. The first-order chi connectivity index (χ1) is 16.4. The van der Waals surface area contributed by atoms with Crippen molar-refractivity contribution in [3.8, 4) is 0 Å². The predicted molar refractivity (Wildman–Crippen MR) is 133 cm³/mol. The van der Waals surface area contributed by atoms with Crippen LogP contribution in [0.3, 0.4) is 0 Å². The molecule has 2 aromatic carbocycles. The number of rotatable bonds is 6. The van der Waals surface area contributed by atoms with E-state index in [0.717, 1.165) is 18.4 Å². The van der Waals surface area contributed by atoms with Gasteiger partial charge in [0.25, 0.3) is 11.8 Å². The Labute approximate surface area is 200 Å². The fraction of sp³-hybridized carbons (Fsp3) is 0.321. The summed E-state index contributed by atoms with van der Waals surface area (Å²) in [5.41, 5.74) is 1.73. The summed E-state index contributed by atoms with van der Waals surface area (Å²) in [5, 5.41) is 2.79. The van der Waals surface area contributed by atoms with Crippen molar-refractivity contribution in [2.75, 3.05) is 13.1 Å². The van der Waals surface area contributed by atoms with E-state index in [2.05, 4.69) is 17.4 Å². The molecule has 1 N–H and O–H groups in total. The van der Waals surface area contributed by atoms with Crippen molar-refractivity contribution in [1.29, 1.82) is 0 Å². The van der Waals surface area contributed by atoms with Crippen molar-refractivity contribution in [3.63, 3.8) is 0 Å². The zero-order valence-corrected chi connectivity index (χ0v) is 19.7. The molecule has 3 aromatic rings. The lowest BCUT2D eigenvalue weighted by molar-refractivity contribution is 0.0705. The van der Waals surface area contributed by atoms with Crippen LogP contribution >= 0.6 is 0 Å². The van der Waals surface area contributed by atoms with Crippen LogP contribution in [0.4, 0.5) is 0 Å². The van der Waals surface area contributed by atoms with Gasteiger partial charge >= 0.3 is 0 Å². The van der Waals surface area contributed by atoms with Gasteiger partial charge in [0, 0.05) is 44.0 Å². The van der Waals surface area contributed by atoms with Gasteiger partial charge in [-0.1, -0.05) is 60.7 Å². The summed E-state index contributed by atoms with van der Waals surface area (Å²) >= 11 is 0. The Bertz CT molecular complexity index is 1200. The number of hydrogen-bond acceptors (Lipinski definition) is 3. The number of hydrogen-bond donors (Lipinski definition) is 1. The van der Waals surface area contributed by atoms with Crippen molar-refractivity contribution in [1.82, 2.24) is 14.8 Å². The van der Waals surface area contributed by atoms with Gasteiger partial charge in [0.15, 0.2) is 0 Å². The Balaban J connectivity index is 1.67. The van der Waals surface area contributed by atoms with Crippen LogP contribution in [-0.4, -0.2) is 40.4 Å². The number of aromatic nitrogens is 1. The van der Waals surface area contributed by atoms with Crippen LogP contribution in [0.5, 0.6) is 0 Å². The molecule has 1 fully saturated rings. The van der Waals surface area contributed by atoms with Gasteiger partial charge in [-0.15, -0.1) is 0 Å². The molecule has 2 heterocycles. The van der Waals surface area contributed by atoms with Gasteiger partial charge in [0.2, 0.25) is 5.43 Å². The van der Waals surface area contributed by atoms with Gasteiger partial charge in [-0.25, -0.2) is 0 Å². The molecular weight excluding hydrogens is 426 g/mol. The van der Waals surface area contributed by atoms with Crippen LogP contribution in [-0.2, 0) is 6.54 Å². The first-order valence-corrected chi connectivity index (χ1v) is 11.9. The number of piperidine rings is 1. The van der Waals surface area contributed by atoms with Crippen LogP contribution in [0.15, 0.2) is 77.9 Å². The first-order valence-electron chi connectivity index (χ1n) is 11.9. The summed E-state index contributed by atoms with van der Waals surface area (Å²) in [5.74, 6) is -0.540. The molecule has 1 saturated heterocycles. The second-order valence-electron chi connectivity index (χ2n) is 9.20. The standard InChI is InChI=1S/C28H31N3O3/c1-20(2)29-27(33)24-18-30(16-21-10-5-3-6-11-21)19-25(26(24)32)28(34)31-15-9-14-23(17-31)22-12-7-4-8-13-22/h3-8,10-13,18-20,23H,9,14-17H2,1-2H3,(H,29,33)/t23-/m1/s1. The van der Waals surface area contributed by atoms with Crippen molar-refractivity contribution in [3.05, 3.63) is 106 Å². The van der Waals surface area contributed by atoms with Gasteiger partial charge in [-0.05, 0) is 37.8 Å². The lowest BCUT2D eigenvalue weighted by Gasteiger charge is -2.33. The Kier molecular flexibility index (Phi) is 7.26. The Morgan fingerprint density at radius 1 is 0.971 bits per heavy atom. The summed E-state index contributed by atoms with van der Waals surface area (Å²) in [6.45, 7) is 5.29. The molecular formula is C28H31N3O3. The summed E-state index contributed by atoms with van der Waals surface area (Å²) in [4.78, 5) is 41.5. The molecule has 6 heteroatoms. The molecule has 1 aliphatic heterocycles. The highest BCUT2D eigenvalue weighted by Crippen LogP contribution is 2.27. The number of carbonyl (C=O) groups is 2. The Morgan fingerprint density at radius 3 is 2.29 bits per heavy atom. The van der Waals surface area contributed by atoms with Gasteiger partial charge in [0.1, 0.15) is 11.1 Å².